The monoisotopic (exact) mass is 268 g/mol. The van der Waals surface area contributed by atoms with E-state index in [1.54, 1.807) is 0 Å². The van der Waals surface area contributed by atoms with Crippen molar-refractivity contribution < 1.29 is 9.90 Å². The van der Waals surface area contributed by atoms with Crippen LogP contribution >= 0.6 is 0 Å². The van der Waals surface area contributed by atoms with Crippen molar-refractivity contribution in [3.8, 4) is 0 Å². The van der Waals surface area contributed by atoms with Crippen LogP contribution in [0.1, 0.15) is 52.9 Å². The summed E-state index contributed by atoms with van der Waals surface area (Å²) in [6.07, 6.45) is 6.12. The molecule has 2 fully saturated rings. The van der Waals surface area contributed by atoms with Gasteiger partial charge in [0.15, 0.2) is 0 Å². The molecule has 0 spiro atoms. The fourth-order valence-electron chi connectivity index (χ4n) is 3.57. The second-order valence-corrected chi connectivity index (χ2v) is 6.83. The lowest BCUT2D eigenvalue weighted by Gasteiger charge is -2.45. The maximum Gasteiger partial charge on any atom is 0.237 e. The summed E-state index contributed by atoms with van der Waals surface area (Å²) < 4.78 is 0. The lowest BCUT2D eigenvalue weighted by molar-refractivity contribution is -0.144. The minimum absolute atomic E-state index is 0.234. The van der Waals surface area contributed by atoms with Crippen molar-refractivity contribution in [3.05, 3.63) is 0 Å². The predicted octanol–water partition coefficient (Wildman–Crippen LogP) is 1.62. The normalized spacial score (nSPS) is 24.3. The van der Waals surface area contributed by atoms with E-state index in [0.29, 0.717) is 25.7 Å². The summed E-state index contributed by atoms with van der Waals surface area (Å²) in [4.78, 5) is 16.6. The molecule has 19 heavy (non-hydrogen) atoms. The smallest absolute Gasteiger partial charge is 0.237 e. The summed E-state index contributed by atoms with van der Waals surface area (Å²) in [5, 5.41) is 9.73. The summed E-state index contributed by atoms with van der Waals surface area (Å²) in [5.41, 5.74) is -0.590. The minimum Gasteiger partial charge on any atom is -0.388 e. The molecule has 110 valence electrons. The van der Waals surface area contributed by atoms with Crippen LogP contribution in [0.4, 0.5) is 0 Å². The van der Waals surface area contributed by atoms with Gasteiger partial charge >= 0.3 is 0 Å². The standard InChI is InChI=1S/C15H28N2O2/c1-12(2)17(13-7-5-4-6-8-13)14(18)9-16-10-15(3,19)11-16/h12-13,19H,4-11H2,1-3H3. The number of hydrogen-bond donors (Lipinski definition) is 1. The number of likely N-dealkylation sites (tertiary alicyclic amines) is 1. The molecule has 1 heterocycles. The molecule has 0 radical (unpaired) electrons. The molecule has 1 N–H and O–H groups in total. The minimum atomic E-state index is -0.590. The summed E-state index contributed by atoms with van der Waals surface area (Å²) >= 11 is 0. The molecule has 1 aliphatic carbocycles. The summed E-state index contributed by atoms with van der Waals surface area (Å²) in [7, 11) is 0. The maximum atomic E-state index is 12.5. The van der Waals surface area contributed by atoms with Gasteiger partial charge in [-0.2, -0.15) is 0 Å². The highest BCUT2D eigenvalue weighted by Crippen LogP contribution is 2.25. The molecule has 0 aromatic heterocycles. The number of β-amino-alcohol motifs (C(OH)–C–C–N with tert-alkyl or cyclic N) is 1. The second-order valence-electron chi connectivity index (χ2n) is 6.83. The summed E-state index contributed by atoms with van der Waals surface area (Å²) in [6, 6.07) is 0.709. The molecule has 0 aromatic carbocycles. The molecule has 1 saturated carbocycles. The number of rotatable bonds is 4. The van der Waals surface area contributed by atoms with Crippen LogP contribution in [0.25, 0.3) is 0 Å². The molecule has 1 aliphatic heterocycles. The van der Waals surface area contributed by atoms with Gasteiger partial charge < -0.3 is 10.0 Å². The van der Waals surface area contributed by atoms with Gasteiger partial charge in [0.25, 0.3) is 0 Å². The Hall–Kier alpha value is -0.610. The summed E-state index contributed by atoms with van der Waals surface area (Å²) in [6.45, 7) is 7.75. The number of carbonyl (C=O) groups is 1. The van der Waals surface area contributed by atoms with E-state index in [1.807, 2.05) is 11.8 Å². The van der Waals surface area contributed by atoms with Crippen molar-refractivity contribution in [1.29, 1.82) is 0 Å². The highest BCUT2D eigenvalue weighted by Gasteiger charge is 2.38. The zero-order valence-corrected chi connectivity index (χ0v) is 12.6. The number of hydrogen-bond acceptors (Lipinski definition) is 3. The van der Waals surface area contributed by atoms with Crippen molar-refractivity contribution in [2.45, 2.75) is 70.6 Å². The van der Waals surface area contributed by atoms with E-state index in [4.69, 9.17) is 0 Å². The molecular weight excluding hydrogens is 240 g/mol. The van der Waals surface area contributed by atoms with Crippen molar-refractivity contribution in [2.75, 3.05) is 19.6 Å². The molecule has 1 saturated heterocycles. The Balaban J connectivity index is 1.89. The van der Waals surface area contributed by atoms with Crippen LogP contribution in [0.3, 0.4) is 0 Å². The molecule has 1 amide bonds. The van der Waals surface area contributed by atoms with Gasteiger partial charge in [0.2, 0.25) is 5.91 Å². The first-order chi connectivity index (χ1) is 8.89. The number of amides is 1. The van der Waals surface area contributed by atoms with Crippen LogP contribution in [0.15, 0.2) is 0 Å². The molecule has 0 aromatic rings. The lowest BCUT2D eigenvalue weighted by Crippen LogP contribution is -2.62. The van der Waals surface area contributed by atoms with Crippen LogP contribution in [0.5, 0.6) is 0 Å². The van der Waals surface area contributed by atoms with Gasteiger partial charge in [-0.15, -0.1) is 0 Å². The Labute approximate surface area is 116 Å². The van der Waals surface area contributed by atoms with Gasteiger partial charge in [0.1, 0.15) is 0 Å². The molecule has 4 heteroatoms. The van der Waals surface area contributed by atoms with E-state index in [2.05, 4.69) is 18.7 Å². The zero-order valence-electron chi connectivity index (χ0n) is 12.6. The Morgan fingerprint density at radius 3 is 2.37 bits per heavy atom. The van der Waals surface area contributed by atoms with E-state index in [1.165, 1.54) is 19.3 Å². The maximum absolute atomic E-state index is 12.5. The molecule has 0 bridgehead atoms. The number of nitrogens with zero attached hydrogens (tertiary/aromatic N) is 2. The Morgan fingerprint density at radius 2 is 1.89 bits per heavy atom. The van der Waals surface area contributed by atoms with Crippen LogP contribution in [-0.4, -0.2) is 58.1 Å². The van der Waals surface area contributed by atoms with Crippen LogP contribution in [0.2, 0.25) is 0 Å². The van der Waals surface area contributed by atoms with Gasteiger partial charge in [-0.25, -0.2) is 0 Å². The quantitative estimate of drug-likeness (QED) is 0.842. The number of aliphatic hydroxyl groups is 1. The number of carbonyl (C=O) groups excluding carboxylic acids is 1. The van der Waals surface area contributed by atoms with Gasteiger partial charge in [-0.05, 0) is 33.6 Å². The van der Waals surface area contributed by atoms with E-state index in [9.17, 15) is 9.90 Å². The first-order valence-corrected chi connectivity index (χ1v) is 7.65. The third-order valence-electron chi connectivity index (χ3n) is 4.30. The van der Waals surface area contributed by atoms with Crippen molar-refractivity contribution in [2.24, 2.45) is 0 Å². The fourth-order valence-corrected chi connectivity index (χ4v) is 3.57. The van der Waals surface area contributed by atoms with E-state index in [0.717, 1.165) is 12.8 Å². The molecule has 2 aliphatic rings. The highest BCUT2D eigenvalue weighted by atomic mass is 16.3. The van der Waals surface area contributed by atoms with Gasteiger partial charge in [-0.1, -0.05) is 19.3 Å². The van der Waals surface area contributed by atoms with E-state index in [-0.39, 0.29) is 11.9 Å². The third-order valence-corrected chi connectivity index (χ3v) is 4.30. The van der Waals surface area contributed by atoms with E-state index >= 15 is 0 Å². The van der Waals surface area contributed by atoms with Crippen LogP contribution < -0.4 is 0 Å². The highest BCUT2D eigenvalue weighted by molar-refractivity contribution is 5.79. The molecule has 0 atom stereocenters. The lowest BCUT2D eigenvalue weighted by atomic mass is 9.93. The van der Waals surface area contributed by atoms with Gasteiger partial charge in [-0.3, -0.25) is 9.69 Å². The molecule has 2 rings (SSSR count). The van der Waals surface area contributed by atoms with E-state index < -0.39 is 5.60 Å². The van der Waals surface area contributed by atoms with Crippen LogP contribution in [0, 0.1) is 0 Å². The van der Waals surface area contributed by atoms with Crippen molar-refractivity contribution in [1.82, 2.24) is 9.80 Å². The SMILES string of the molecule is CC(C)N(C(=O)CN1CC(C)(O)C1)C1CCCCC1. The Morgan fingerprint density at radius 1 is 1.32 bits per heavy atom. The fraction of sp³-hybridized carbons (Fsp3) is 0.933. The first kappa shape index (κ1) is 14.8. The zero-order chi connectivity index (χ0) is 14.0. The van der Waals surface area contributed by atoms with Crippen molar-refractivity contribution >= 4 is 5.91 Å². The Bertz CT molecular complexity index is 314. The predicted molar refractivity (Wildman–Crippen MR) is 75.9 cm³/mol. The average molecular weight is 268 g/mol. The molecular formula is C15H28N2O2. The summed E-state index contributed by atoms with van der Waals surface area (Å²) in [5.74, 6) is 0.234. The topological polar surface area (TPSA) is 43.8 Å². The average Bonchev–Trinajstić information content (AvgIpc) is 2.27. The molecule has 0 unspecified atom stereocenters. The van der Waals surface area contributed by atoms with Crippen LogP contribution in [-0.2, 0) is 4.79 Å². The first-order valence-electron chi connectivity index (χ1n) is 7.65. The Kier molecular flexibility index (Phi) is 4.51. The van der Waals surface area contributed by atoms with Gasteiger partial charge in [0, 0.05) is 25.2 Å². The van der Waals surface area contributed by atoms with Gasteiger partial charge in [0.05, 0.1) is 12.1 Å². The third kappa shape index (κ3) is 3.69. The largest absolute Gasteiger partial charge is 0.388 e. The second kappa shape index (κ2) is 5.80. The van der Waals surface area contributed by atoms with Crippen molar-refractivity contribution in [3.63, 3.8) is 0 Å². The molecule has 4 nitrogen and oxygen atoms in total.